The van der Waals surface area contributed by atoms with Crippen molar-refractivity contribution in [2.45, 2.75) is 0 Å². The highest BCUT2D eigenvalue weighted by Crippen LogP contribution is 2.39. The molecule has 0 unspecified atom stereocenters. The zero-order chi connectivity index (χ0) is 20.1. The van der Waals surface area contributed by atoms with Crippen LogP contribution in [0.5, 0.6) is 11.5 Å². The van der Waals surface area contributed by atoms with E-state index in [-0.39, 0.29) is 22.3 Å². The van der Waals surface area contributed by atoms with Crippen LogP contribution in [-0.4, -0.2) is 23.9 Å². The maximum Gasteiger partial charge on any atom is 0.347 e. The third-order valence-corrected chi connectivity index (χ3v) is 4.67. The van der Waals surface area contributed by atoms with Crippen LogP contribution in [0.15, 0.2) is 60.7 Å². The van der Waals surface area contributed by atoms with Crippen LogP contribution >= 0.6 is 0 Å². The molecule has 0 spiro atoms. The van der Waals surface area contributed by atoms with Gasteiger partial charge in [-0.2, -0.15) is 0 Å². The first-order chi connectivity index (χ1) is 14.0. The van der Waals surface area contributed by atoms with Crippen molar-refractivity contribution >= 4 is 23.9 Å². The number of carbonyl (C=O) groups is 4. The minimum atomic E-state index is -0.756. The topological polar surface area (TPSA) is 96.0 Å². The Kier molecular flexibility index (Phi) is 3.57. The quantitative estimate of drug-likeness (QED) is 0.499. The number of fused-ring (bicyclic) bond motifs is 2. The van der Waals surface area contributed by atoms with Crippen LogP contribution in [0.2, 0.25) is 0 Å². The van der Waals surface area contributed by atoms with Gasteiger partial charge < -0.3 is 14.2 Å². The lowest BCUT2D eigenvalue weighted by Crippen LogP contribution is -1.98. The molecule has 2 aliphatic heterocycles. The molecule has 7 heteroatoms. The van der Waals surface area contributed by atoms with Gasteiger partial charge in [0.2, 0.25) is 0 Å². The highest BCUT2D eigenvalue weighted by atomic mass is 16.6. The van der Waals surface area contributed by atoms with Crippen molar-refractivity contribution < 1.29 is 33.4 Å². The molecule has 140 valence electrons. The van der Waals surface area contributed by atoms with Crippen LogP contribution in [0.25, 0.3) is 11.1 Å². The van der Waals surface area contributed by atoms with Crippen LogP contribution in [0.4, 0.5) is 0 Å². The number of hydrogen-bond donors (Lipinski definition) is 0. The number of ether oxygens (including phenoxy) is 3. The van der Waals surface area contributed by atoms with Crippen LogP contribution in [0, 0.1) is 0 Å². The van der Waals surface area contributed by atoms with Crippen LogP contribution in [-0.2, 0) is 9.47 Å². The van der Waals surface area contributed by atoms with Gasteiger partial charge in [-0.25, -0.2) is 19.2 Å². The molecule has 29 heavy (non-hydrogen) atoms. The highest BCUT2D eigenvalue weighted by Gasteiger charge is 2.33. The summed E-state index contributed by atoms with van der Waals surface area (Å²) in [6.07, 6.45) is 0. The van der Waals surface area contributed by atoms with Gasteiger partial charge in [-0.1, -0.05) is 24.3 Å². The standard InChI is InChI=1S/C22H10O7/c23-19-13-7-6-11(8-15(13)20(24)28-19)14-9-16-17(22(26)29-21(16)25)10-18(14)27-12-4-2-1-3-5-12/h1-10H. The van der Waals surface area contributed by atoms with E-state index in [1.165, 1.54) is 24.3 Å². The number of carbonyl (C=O) groups excluding carboxylic acids is 4. The van der Waals surface area contributed by atoms with Gasteiger partial charge in [-0.3, -0.25) is 0 Å². The normalized spacial score (nSPS) is 14.3. The minimum absolute atomic E-state index is 0.0976. The molecule has 0 saturated carbocycles. The molecule has 2 aliphatic rings. The zero-order valence-electron chi connectivity index (χ0n) is 14.6. The Morgan fingerprint density at radius 3 is 1.83 bits per heavy atom. The largest absolute Gasteiger partial charge is 0.457 e. The molecule has 0 aromatic heterocycles. The Balaban J connectivity index is 1.69. The van der Waals surface area contributed by atoms with Gasteiger partial charge in [0.15, 0.2) is 0 Å². The van der Waals surface area contributed by atoms with Crippen LogP contribution < -0.4 is 4.74 Å². The number of esters is 4. The van der Waals surface area contributed by atoms with E-state index < -0.39 is 23.9 Å². The van der Waals surface area contributed by atoms with E-state index in [0.29, 0.717) is 22.6 Å². The molecular weight excluding hydrogens is 376 g/mol. The summed E-state index contributed by atoms with van der Waals surface area (Å²) in [7, 11) is 0. The molecule has 0 atom stereocenters. The average molecular weight is 386 g/mol. The zero-order valence-corrected chi connectivity index (χ0v) is 14.6. The third kappa shape index (κ3) is 2.68. The lowest BCUT2D eigenvalue weighted by atomic mass is 9.96. The summed E-state index contributed by atoms with van der Waals surface area (Å²) in [5, 5.41) is 0. The van der Waals surface area contributed by atoms with E-state index >= 15 is 0 Å². The van der Waals surface area contributed by atoms with E-state index in [4.69, 9.17) is 4.74 Å². The molecule has 0 radical (unpaired) electrons. The Morgan fingerprint density at radius 2 is 1.14 bits per heavy atom. The molecule has 2 heterocycles. The van der Waals surface area contributed by atoms with Crippen LogP contribution in [0.3, 0.4) is 0 Å². The molecule has 0 aliphatic carbocycles. The van der Waals surface area contributed by atoms with Crippen LogP contribution in [0.1, 0.15) is 41.4 Å². The molecule has 5 rings (SSSR count). The number of para-hydroxylation sites is 1. The first kappa shape index (κ1) is 16.9. The third-order valence-electron chi connectivity index (χ3n) is 4.67. The van der Waals surface area contributed by atoms with Crippen molar-refractivity contribution in [3.05, 3.63) is 82.9 Å². The lowest BCUT2D eigenvalue weighted by molar-refractivity contribution is 0.0425. The van der Waals surface area contributed by atoms with E-state index in [1.807, 2.05) is 6.07 Å². The Bertz CT molecular complexity index is 1240. The summed E-state index contributed by atoms with van der Waals surface area (Å²) in [5.74, 6) is -2.15. The van der Waals surface area contributed by atoms with E-state index in [1.54, 1.807) is 30.3 Å². The number of rotatable bonds is 3. The monoisotopic (exact) mass is 386 g/mol. The fourth-order valence-corrected chi connectivity index (χ4v) is 3.29. The van der Waals surface area contributed by atoms with Gasteiger partial charge in [-0.05, 0) is 42.0 Å². The maximum atomic E-state index is 12.0. The van der Waals surface area contributed by atoms with Gasteiger partial charge in [0.1, 0.15) is 11.5 Å². The predicted octanol–water partition coefficient (Wildman–Crippen LogP) is 3.77. The summed E-state index contributed by atoms with van der Waals surface area (Å²) < 4.78 is 15.2. The summed E-state index contributed by atoms with van der Waals surface area (Å²) in [4.78, 5) is 47.6. The van der Waals surface area contributed by atoms with Gasteiger partial charge in [-0.15, -0.1) is 0 Å². The maximum absolute atomic E-state index is 12.0. The summed E-state index contributed by atoms with van der Waals surface area (Å²) >= 11 is 0. The molecule has 0 amide bonds. The van der Waals surface area contributed by atoms with Crippen molar-refractivity contribution in [1.82, 2.24) is 0 Å². The van der Waals surface area contributed by atoms with Gasteiger partial charge in [0.25, 0.3) is 0 Å². The smallest absolute Gasteiger partial charge is 0.347 e. The fraction of sp³-hybridized carbons (Fsp3) is 0. The second kappa shape index (κ2) is 6.13. The van der Waals surface area contributed by atoms with Gasteiger partial charge in [0.05, 0.1) is 22.3 Å². The average Bonchev–Trinajstić information content (AvgIpc) is 3.16. The predicted molar refractivity (Wildman–Crippen MR) is 97.9 cm³/mol. The Labute approximate surface area is 163 Å². The van der Waals surface area contributed by atoms with E-state index in [9.17, 15) is 19.2 Å². The first-order valence-electron chi connectivity index (χ1n) is 8.59. The second-order valence-electron chi connectivity index (χ2n) is 6.42. The van der Waals surface area contributed by atoms with Gasteiger partial charge in [0, 0.05) is 5.56 Å². The molecule has 0 fully saturated rings. The Morgan fingerprint density at radius 1 is 0.552 bits per heavy atom. The van der Waals surface area contributed by atoms with Gasteiger partial charge >= 0.3 is 23.9 Å². The summed E-state index contributed by atoms with van der Waals surface area (Å²) in [5.41, 5.74) is 1.45. The summed E-state index contributed by atoms with van der Waals surface area (Å²) in [6.45, 7) is 0. The van der Waals surface area contributed by atoms with E-state index in [2.05, 4.69) is 9.47 Å². The molecule has 7 nitrogen and oxygen atoms in total. The molecular formula is C22H10O7. The number of hydrogen-bond acceptors (Lipinski definition) is 7. The second-order valence-corrected chi connectivity index (χ2v) is 6.42. The van der Waals surface area contributed by atoms with Crippen molar-refractivity contribution in [2.24, 2.45) is 0 Å². The molecule has 0 saturated heterocycles. The lowest BCUT2D eigenvalue weighted by Gasteiger charge is -2.13. The first-order valence-corrected chi connectivity index (χ1v) is 8.59. The van der Waals surface area contributed by atoms with E-state index in [0.717, 1.165) is 0 Å². The van der Waals surface area contributed by atoms with Crippen molar-refractivity contribution in [3.8, 4) is 22.6 Å². The number of benzene rings is 3. The fourth-order valence-electron chi connectivity index (χ4n) is 3.29. The van der Waals surface area contributed by atoms with Crippen molar-refractivity contribution in [3.63, 3.8) is 0 Å². The molecule has 0 N–H and O–H groups in total. The van der Waals surface area contributed by atoms with Crippen molar-refractivity contribution in [2.75, 3.05) is 0 Å². The number of cyclic esters (lactones) is 4. The highest BCUT2D eigenvalue weighted by molar-refractivity contribution is 6.17. The molecule has 3 aromatic carbocycles. The SMILES string of the molecule is O=C1OC(=O)c2cc(-c3cc4c(cc3Oc3ccccc3)C(=O)OC4=O)ccc21. The molecule has 0 bridgehead atoms. The minimum Gasteiger partial charge on any atom is -0.457 e. The molecule has 3 aromatic rings. The Hall–Kier alpha value is -4.26. The summed E-state index contributed by atoms with van der Waals surface area (Å²) in [6, 6.07) is 16.4. The van der Waals surface area contributed by atoms with Crippen molar-refractivity contribution in [1.29, 1.82) is 0 Å².